The Labute approximate surface area is 456 Å². The average molecular weight is 1260 g/mol. The van der Waals surface area contributed by atoms with E-state index in [1.807, 2.05) is 0 Å². The maximum atomic E-state index is 13.6. The number of hydrogen-bond donors (Lipinski definition) is 12. The van der Waals surface area contributed by atoms with Crippen LogP contribution in [0.4, 0.5) is 17.7 Å². The molecular formula is C36H50N16O25P4S. The molecule has 4 unspecified atom stereocenters. The number of nitrogens with two attached hydrogens (primary N) is 3. The van der Waals surface area contributed by atoms with Crippen LogP contribution >= 0.6 is 31.3 Å². The normalized spacial score (nSPS) is 30.0. The third-order valence-corrected chi connectivity index (χ3v) is 20.4. The van der Waals surface area contributed by atoms with Crippen molar-refractivity contribution in [2.75, 3.05) is 50.7 Å². The van der Waals surface area contributed by atoms with Crippen LogP contribution in [0.5, 0.6) is 0 Å². The Kier molecular flexibility index (Phi) is 16.3. The van der Waals surface area contributed by atoms with Crippen molar-refractivity contribution in [3.05, 3.63) is 46.0 Å². The molecule has 6 aromatic rings. The zero-order valence-electron chi connectivity index (χ0n) is 41.9. The first kappa shape index (κ1) is 59.9. The zero-order valence-corrected chi connectivity index (χ0v) is 46.3. The standard InChI is InChI=1S/C36H50N16O25P4S/c1-49-12-52(29-20(49)31(57)48-36(39)46-29)32-21(53)14(5-44-82(66,67)13-3-4-13)15(72-32)6-70-79(60,61)76-81(64,65)77-80(62,63)71-8-17-24(25(68-2)34(74-17)50-10-42-18-26(37)40-9-41-27(18)50)75-78(58,59)69-7-16-22(54)23(55)33(73-16)51-11-43-19-28(51)45-35(38)47-30(19)56/h9-17,21-25,32-34,44,53-55H,3-8H2,1-2H3,(H11-,37,38,39,40,41,45,46,47,48,56,57,58,59,60,61,62,63,64,65)/t14-,15-,16-,17-,21-,22-,23-,24-,25-,32-,33-,34-/m1/s1. The number of imidazole rings is 3. The molecule has 4 aliphatic rings. The number of aromatic nitrogens is 12. The highest BCUT2D eigenvalue weighted by Gasteiger charge is 2.53. The lowest BCUT2D eigenvalue weighted by molar-refractivity contribution is -0.745. The minimum Gasteiger partial charge on any atom is -0.756 e. The molecule has 10 rings (SSSR count). The summed E-state index contributed by atoms with van der Waals surface area (Å²) in [5, 5.41) is 32.6. The number of nitrogen functional groups attached to an aromatic ring is 3. The Morgan fingerprint density at radius 3 is 2.05 bits per heavy atom. The van der Waals surface area contributed by atoms with E-state index in [1.165, 1.54) is 27.1 Å². The summed E-state index contributed by atoms with van der Waals surface area (Å²) < 4.78 is 138. The van der Waals surface area contributed by atoms with Crippen LogP contribution in [0.2, 0.25) is 0 Å². The molecule has 0 bridgehead atoms. The minimum absolute atomic E-state index is 0.0196. The van der Waals surface area contributed by atoms with Crippen LogP contribution in [-0.2, 0) is 81.0 Å². The number of aromatic amines is 2. The predicted octanol–water partition coefficient (Wildman–Crippen LogP) is -5.01. The van der Waals surface area contributed by atoms with Crippen molar-refractivity contribution >= 4 is 92.5 Å². The molecule has 0 amide bonds. The first-order valence-corrected chi connectivity index (χ1v) is 31.2. The summed E-state index contributed by atoms with van der Waals surface area (Å²) in [6.45, 7) is -4.05. The van der Waals surface area contributed by atoms with E-state index in [2.05, 4.69) is 53.2 Å². The monoisotopic (exact) mass is 1260 g/mol. The van der Waals surface area contributed by atoms with E-state index in [0.717, 1.165) is 30.7 Å². The van der Waals surface area contributed by atoms with Crippen molar-refractivity contribution in [3.8, 4) is 0 Å². The van der Waals surface area contributed by atoms with Gasteiger partial charge in [0.15, 0.2) is 41.4 Å². The van der Waals surface area contributed by atoms with Gasteiger partial charge in [0.25, 0.3) is 24.9 Å². The molecule has 1 aliphatic carbocycles. The van der Waals surface area contributed by atoms with E-state index in [0.29, 0.717) is 12.8 Å². The molecule has 6 aromatic heterocycles. The molecule has 1 saturated carbocycles. The molecule has 0 radical (unpaired) electrons. The second-order valence-corrected chi connectivity index (χ2v) is 26.8. The second-order valence-electron chi connectivity index (χ2n) is 18.7. The lowest BCUT2D eigenvalue weighted by atomic mass is 9.98. The van der Waals surface area contributed by atoms with E-state index in [9.17, 15) is 71.2 Å². The maximum Gasteiger partial charge on any atom is 0.490 e. The number of methoxy groups -OCH3 is 1. The number of sulfonamides is 1. The predicted molar refractivity (Wildman–Crippen MR) is 264 cm³/mol. The van der Waals surface area contributed by atoms with Crippen LogP contribution in [-0.4, -0.2) is 180 Å². The summed E-state index contributed by atoms with van der Waals surface area (Å²) in [6.07, 6.45) is -13.4. The lowest BCUT2D eigenvalue weighted by Crippen LogP contribution is -2.46. The van der Waals surface area contributed by atoms with Crippen molar-refractivity contribution in [3.63, 3.8) is 0 Å². The number of aliphatic hydroxyl groups is 3. The highest BCUT2D eigenvalue weighted by atomic mass is 32.2. The summed E-state index contributed by atoms with van der Waals surface area (Å²) in [6, 6.07) is 0. The molecule has 82 heavy (non-hydrogen) atoms. The number of nitrogens with one attached hydrogen (secondary N) is 3. The number of nitrogens with zero attached hydrogens (tertiary/aromatic N) is 10. The number of rotatable bonds is 23. The third-order valence-electron chi connectivity index (χ3n) is 13.2. The molecule has 16 atom stereocenters. The lowest BCUT2D eigenvalue weighted by Gasteiger charge is -2.31. The van der Waals surface area contributed by atoms with Crippen LogP contribution in [0.25, 0.3) is 33.5 Å². The number of fused-ring (bicyclic) bond motifs is 3. The Morgan fingerprint density at radius 1 is 0.768 bits per heavy atom. The third kappa shape index (κ3) is 12.2. The van der Waals surface area contributed by atoms with Gasteiger partial charge < -0.3 is 80.1 Å². The van der Waals surface area contributed by atoms with Crippen LogP contribution in [0.15, 0.2) is 34.9 Å². The van der Waals surface area contributed by atoms with E-state index >= 15 is 0 Å². The van der Waals surface area contributed by atoms with Gasteiger partial charge in [0.1, 0.15) is 54.6 Å². The molecule has 450 valence electrons. The Morgan fingerprint density at radius 2 is 1.38 bits per heavy atom. The molecule has 0 aromatic carbocycles. The first-order valence-electron chi connectivity index (χ1n) is 23.7. The van der Waals surface area contributed by atoms with Gasteiger partial charge in [-0.25, -0.2) is 51.3 Å². The van der Waals surface area contributed by atoms with Gasteiger partial charge in [-0.15, -0.1) is 0 Å². The van der Waals surface area contributed by atoms with E-state index in [4.69, 9.17) is 54.2 Å². The number of phosphoric acid groups is 4. The fraction of sp³-hybridized carbons (Fsp3) is 0.583. The van der Waals surface area contributed by atoms with Gasteiger partial charge in [-0.3, -0.25) is 46.9 Å². The number of hydrogen-bond acceptors (Lipinski definition) is 31. The summed E-state index contributed by atoms with van der Waals surface area (Å²) in [5.41, 5.74) is 15.4. The fourth-order valence-corrected chi connectivity index (χ4v) is 15.2. The van der Waals surface area contributed by atoms with E-state index in [-0.39, 0.29) is 51.2 Å². The summed E-state index contributed by atoms with van der Waals surface area (Å²) in [7, 11) is -25.4. The van der Waals surface area contributed by atoms with Crippen LogP contribution in [0.3, 0.4) is 0 Å². The smallest absolute Gasteiger partial charge is 0.490 e. The van der Waals surface area contributed by atoms with Crippen molar-refractivity contribution in [1.82, 2.24) is 58.3 Å². The molecule has 3 saturated heterocycles. The molecular weight excluding hydrogens is 1210 g/mol. The molecule has 0 spiro atoms. The molecule has 41 nitrogen and oxygen atoms in total. The summed E-state index contributed by atoms with van der Waals surface area (Å²) in [4.78, 5) is 99.2. The van der Waals surface area contributed by atoms with Crippen molar-refractivity contribution in [2.24, 2.45) is 13.0 Å². The molecule has 9 heterocycles. The van der Waals surface area contributed by atoms with Gasteiger partial charge in [-0.05, 0) is 12.8 Å². The van der Waals surface area contributed by atoms with Crippen LogP contribution < -0.4 is 42.5 Å². The summed E-state index contributed by atoms with van der Waals surface area (Å²) in [5.74, 6) is -2.09. The average Bonchev–Trinajstić information content (AvgIpc) is 3.72. The largest absolute Gasteiger partial charge is 0.756 e. The van der Waals surface area contributed by atoms with Crippen molar-refractivity contribution in [2.45, 2.75) is 85.6 Å². The number of ether oxygens (including phenoxy) is 4. The Bertz CT molecular complexity index is 3860. The number of aliphatic hydroxyl groups excluding tert-OH is 3. The minimum atomic E-state index is -6.28. The molecule has 3 aliphatic heterocycles. The molecule has 4 fully saturated rings. The number of H-pyrrole nitrogens is 2. The van der Waals surface area contributed by atoms with Gasteiger partial charge in [0, 0.05) is 19.6 Å². The van der Waals surface area contributed by atoms with Gasteiger partial charge in [0.05, 0.1) is 50.9 Å². The van der Waals surface area contributed by atoms with Gasteiger partial charge in [-0.2, -0.15) is 13.6 Å². The highest BCUT2D eigenvalue weighted by Crippen LogP contribution is 2.68. The van der Waals surface area contributed by atoms with Gasteiger partial charge >= 0.3 is 29.1 Å². The SMILES string of the molecule is CO[C@@H]1[C@H](OP(=O)([O-])OC[C@H]2O[C@@H](n3cnc4c(=O)[nH]c(N)nc43)[C@H](O)[C@@H]2O)[C@@H](COP(=O)(O)OP(=O)(O)OP(=O)(O)OC[C@H]2O[C@@H]([n+]3cn(C)c4c(=O)[nH]c(N)nc43)[C@H](O)[C@@H]2CNS(=O)(=O)C2CC2)O[C@H]1n1cnc2c(N)ncnc21. The number of phosphoric ester groups is 3. The second kappa shape index (κ2) is 22.3. The van der Waals surface area contributed by atoms with Gasteiger partial charge in [-0.1, -0.05) is 4.98 Å². The van der Waals surface area contributed by atoms with Gasteiger partial charge in [0.2, 0.25) is 27.7 Å². The van der Waals surface area contributed by atoms with Crippen LogP contribution in [0.1, 0.15) is 31.5 Å². The molecule has 46 heteroatoms. The number of anilines is 3. The Balaban J connectivity index is 0.817. The highest BCUT2D eigenvalue weighted by molar-refractivity contribution is 7.90. The fourth-order valence-electron chi connectivity index (χ4n) is 9.33. The first-order chi connectivity index (χ1) is 38.5. The maximum absolute atomic E-state index is 13.6. The van der Waals surface area contributed by atoms with Crippen LogP contribution in [0, 0.1) is 5.92 Å². The zero-order chi connectivity index (χ0) is 59.2. The van der Waals surface area contributed by atoms with Crippen molar-refractivity contribution < 1.29 is 112 Å². The number of aryl methyl sites for hydroxylation is 1. The van der Waals surface area contributed by atoms with E-state index < -0.39 is 157 Å². The topological polar surface area (TPSA) is 591 Å². The Hall–Kier alpha value is -5.20. The van der Waals surface area contributed by atoms with E-state index in [1.54, 1.807) is 0 Å². The quantitative estimate of drug-likeness (QED) is 0.0211. The summed E-state index contributed by atoms with van der Waals surface area (Å²) >= 11 is 0. The van der Waals surface area contributed by atoms with Crippen molar-refractivity contribution in [1.29, 1.82) is 0 Å². The molecule has 15 N–H and O–H groups in total.